The van der Waals surface area contributed by atoms with Crippen LogP contribution in [-0.4, -0.2) is 22.1 Å². The average Bonchev–Trinajstić information content (AvgIpc) is 3.49. The van der Waals surface area contributed by atoms with Gasteiger partial charge in [0.25, 0.3) is 5.69 Å². The summed E-state index contributed by atoms with van der Waals surface area (Å²) in [5.74, 6) is 1.56. The number of furan rings is 1. The second kappa shape index (κ2) is 8.95. The van der Waals surface area contributed by atoms with Crippen LogP contribution >= 0.6 is 12.2 Å². The molecule has 2 aromatic heterocycles. The maximum atomic E-state index is 11.2. The van der Waals surface area contributed by atoms with Crippen LogP contribution in [-0.2, 0) is 0 Å². The molecule has 170 valence electrons. The summed E-state index contributed by atoms with van der Waals surface area (Å²) >= 11 is 5.72. The molecule has 34 heavy (non-hydrogen) atoms. The van der Waals surface area contributed by atoms with Gasteiger partial charge in [-0.25, -0.2) is 0 Å². The second-order valence-electron chi connectivity index (χ2n) is 7.68. The molecular formula is C25H20N4O4S. The largest absolute Gasteiger partial charge is 0.496 e. The van der Waals surface area contributed by atoms with Crippen molar-refractivity contribution in [2.24, 2.45) is 0 Å². The number of nitrogens with zero attached hydrogens (tertiary/aromatic N) is 3. The van der Waals surface area contributed by atoms with E-state index in [1.165, 1.54) is 19.2 Å². The molecule has 5 rings (SSSR count). The molecule has 1 N–H and O–H groups in total. The van der Waals surface area contributed by atoms with Crippen LogP contribution in [0.25, 0.3) is 11.3 Å². The van der Waals surface area contributed by atoms with E-state index in [0.717, 1.165) is 11.4 Å². The van der Waals surface area contributed by atoms with Gasteiger partial charge < -0.3 is 19.4 Å². The molecule has 0 saturated carbocycles. The van der Waals surface area contributed by atoms with Gasteiger partial charge in [-0.05, 0) is 54.7 Å². The summed E-state index contributed by atoms with van der Waals surface area (Å²) in [6, 6.07) is 23.2. The van der Waals surface area contributed by atoms with E-state index in [0.29, 0.717) is 27.9 Å². The van der Waals surface area contributed by atoms with Crippen molar-refractivity contribution in [2.75, 3.05) is 12.0 Å². The highest BCUT2D eigenvalue weighted by Gasteiger charge is 2.42. The fraction of sp³-hybridized carbons (Fsp3) is 0.120. The molecule has 1 fully saturated rings. The average molecular weight is 473 g/mol. The first-order valence-electron chi connectivity index (χ1n) is 10.5. The monoisotopic (exact) mass is 472 g/mol. The molecule has 0 spiro atoms. The smallest absolute Gasteiger partial charge is 0.273 e. The lowest BCUT2D eigenvalue weighted by atomic mass is 10.0. The first-order chi connectivity index (χ1) is 16.6. The summed E-state index contributed by atoms with van der Waals surface area (Å²) in [7, 11) is 1.47. The van der Waals surface area contributed by atoms with Crippen LogP contribution in [0.3, 0.4) is 0 Å². The van der Waals surface area contributed by atoms with Gasteiger partial charge in [0.05, 0.1) is 35.4 Å². The Morgan fingerprint density at radius 1 is 1.09 bits per heavy atom. The Hall–Kier alpha value is -4.24. The number of nitro benzene ring substituents is 1. The van der Waals surface area contributed by atoms with Crippen LogP contribution < -0.4 is 15.0 Å². The predicted octanol–water partition coefficient (Wildman–Crippen LogP) is 5.44. The molecule has 0 unspecified atom stereocenters. The number of benzene rings is 2. The first-order valence-corrected chi connectivity index (χ1v) is 11.0. The Labute approximate surface area is 201 Å². The molecule has 3 heterocycles. The maximum absolute atomic E-state index is 11.2. The van der Waals surface area contributed by atoms with Crippen molar-refractivity contribution in [3.05, 3.63) is 107 Å². The Bertz CT molecular complexity index is 1340. The topological polar surface area (TPSA) is 93.7 Å². The Morgan fingerprint density at radius 2 is 1.88 bits per heavy atom. The van der Waals surface area contributed by atoms with Gasteiger partial charge in [0.2, 0.25) is 0 Å². The second-order valence-corrected chi connectivity index (χ2v) is 8.06. The lowest BCUT2D eigenvalue weighted by Crippen LogP contribution is -2.29. The SMILES string of the molecule is COc1cc([N+](=O)[O-])ccc1-c1ccc([C@@H]2[C@@H](c3ccccn3)NC(=S)N2c2ccccc2)o1. The van der Waals surface area contributed by atoms with Gasteiger partial charge in [0, 0.05) is 18.0 Å². The quantitative estimate of drug-likeness (QED) is 0.225. The van der Waals surface area contributed by atoms with Gasteiger partial charge in [0.1, 0.15) is 23.3 Å². The number of para-hydroxylation sites is 1. The van der Waals surface area contributed by atoms with Gasteiger partial charge in [-0.1, -0.05) is 24.3 Å². The van der Waals surface area contributed by atoms with Gasteiger partial charge in [-0.15, -0.1) is 0 Å². The minimum absolute atomic E-state index is 0.0526. The number of nitro groups is 1. The molecule has 2 aromatic carbocycles. The summed E-state index contributed by atoms with van der Waals surface area (Å²) in [5, 5.41) is 15.1. The number of anilines is 1. The number of nitrogens with one attached hydrogen (secondary N) is 1. The molecule has 0 amide bonds. The van der Waals surface area contributed by atoms with Gasteiger partial charge in [-0.2, -0.15) is 0 Å². The van der Waals surface area contributed by atoms with Crippen LogP contribution in [0.15, 0.2) is 89.5 Å². The van der Waals surface area contributed by atoms with Crippen LogP contribution in [0.4, 0.5) is 11.4 Å². The molecule has 8 nitrogen and oxygen atoms in total. The lowest BCUT2D eigenvalue weighted by Gasteiger charge is -2.26. The van der Waals surface area contributed by atoms with Crippen LogP contribution in [0.1, 0.15) is 23.5 Å². The highest BCUT2D eigenvalue weighted by Crippen LogP contribution is 2.43. The zero-order valence-electron chi connectivity index (χ0n) is 18.1. The number of aromatic nitrogens is 1. The van der Waals surface area contributed by atoms with E-state index in [4.69, 9.17) is 21.4 Å². The number of rotatable bonds is 6. The van der Waals surface area contributed by atoms with E-state index in [2.05, 4.69) is 10.3 Å². The normalized spacial score (nSPS) is 17.4. The van der Waals surface area contributed by atoms with Crippen molar-refractivity contribution < 1.29 is 14.1 Å². The lowest BCUT2D eigenvalue weighted by molar-refractivity contribution is -0.384. The van der Waals surface area contributed by atoms with E-state index in [9.17, 15) is 10.1 Å². The summed E-state index contributed by atoms with van der Waals surface area (Å²) in [6.07, 6.45) is 1.75. The maximum Gasteiger partial charge on any atom is 0.273 e. The fourth-order valence-corrected chi connectivity index (χ4v) is 4.51. The molecule has 0 radical (unpaired) electrons. The molecule has 9 heteroatoms. The standard InChI is InChI=1S/C25H20N4O4S/c1-32-22-15-17(29(30)31)10-11-18(22)20-12-13-21(33-20)24-23(19-9-5-6-14-26-19)27-25(34)28(24)16-7-3-2-4-8-16/h2-15,23-24H,1H3,(H,27,34)/t23-,24-/m1/s1. The number of non-ortho nitro benzene ring substituents is 1. The summed E-state index contributed by atoms with van der Waals surface area (Å²) in [6.45, 7) is 0. The van der Waals surface area contributed by atoms with E-state index in [1.807, 2.05) is 65.6 Å². The van der Waals surface area contributed by atoms with Crippen molar-refractivity contribution in [3.8, 4) is 17.1 Å². The number of ether oxygens (including phenoxy) is 1. The van der Waals surface area contributed by atoms with Crippen molar-refractivity contribution in [1.82, 2.24) is 10.3 Å². The number of thiocarbonyl (C=S) groups is 1. The number of methoxy groups -OCH3 is 1. The van der Waals surface area contributed by atoms with Crippen molar-refractivity contribution in [3.63, 3.8) is 0 Å². The van der Waals surface area contributed by atoms with Gasteiger partial charge in [-0.3, -0.25) is 15.1 Å². The summed E-state index contributed by atoms with van der Waals surface area (Å²) in [5.41, 5.74) is 2.32. The molecule has 4 aromatic rings. The van der Waals surface area contributed by atoms with E-state index < -0.39 is 4.92 Å². The predicted molar refractivity (Wildman–Crippen MR) is 132 cm³/mol. The van der Waals surface area contributed by atoms with Crippen molar-refractivity contribution >= 4 is 28.7 Å². The molecule has 1 saturated heterocycles. The zero-order chi connectivity index (χ0) is 23.7. The third-order valence-corrected chi connectivity index (χ3v) is 6.03. The highest BCUT2D eigenvalue weighted by molar-refractivity contribution is 7.80. The number of hydrogen-bond acceptors (Lipinski definition) is 6. The van der Waals surface area contributed by atoms with E-state index in [-0.39, 0.29) is 17.8 Å². The molecule has 1 aliphatic heterocycles. The number of hydrogen-bond donors (Lipinski definition) is 1. The van der Waals surface area contributed by atoms with Crippen molar-refractivity contribution in [2.45, 2.75) is 12.1 Å². The molecule has 0 bridgehead atoms. The molecule has 2 atom stereocenters. The third-order valence-electron chi connectivity index (χ3n) is 5.71. The molecule has 0 aliphatic carbocycles. The zero-order valence-corrected chi connectivity index (χ0v) is 18.9. The van der Waals surface area contributed by atoms with Crippen LogP contribution in [0, 0.1) is 10.1 Å². The minimum Gasteiger partial charge on any atom is -0.496 e. The Balaban J connectivity index is 1.59. The van der Waals surface area contributed by atoms with E-state index in [1.54, 1.807) is 12.3 Å². The van der Waals surface area contributed by atoms with Crippen LogP contribution in [0.5, 0.6) is 5.75 Å². The molecule has 1 aliphatic rings. The Kier molecular flexibility index (Phi) is 5.69. The Morgan fingerprint density at radius 3 is 2.59 bits per heavy atom. The van der Waals surface area contributed by atoms with Crippen LogP contribution in [0.2, 0.25) is 0 Å². The summed E-state index contributed by atoms with van der Waals surface area (Å²) in [4.78, 5) is 17.3. The third kappa shape index (κ3) is 3.86. The number of pyridine rings is 1. The van der Waals surface area contributed by atoms with E-state index >= 15 is 0 Å². The van der Waals surface area contributed by atoms with Crippen molar-refractivity contribution in [1.29, 1.82) is 0 Å². The summed E-state index contributed by atoms with van der Waals surface area (Å²) < 4.78 is 11.7. The highest BCUT2D eigenvalue weighted by atomic mass is 32.1. The first kappa shape index (κ1) is 21.6. The van der Waals surface area contributed by atoms with Gasteiger partial charge >= 0.3 is 0 Å². The van der Waals surface area contributed by atoms with Gasteiger partial charge in [0.15, 0.2) is 5.11 Å². The molecular weight excluding hydrogens is 452 g/mol. The minimum atomic E-state index is -0.458. The fourth-order valence-electron chi connectivity index (χ4n) is 4.16.